The van der Waals surface area contributed by atoms with E-state index < -0.39 is 0 Å². The maximum Gasteiger partial charge on any atom is 0.251 e. The van der Waals surface area contributed by atoms with Crippen molar-refractivity contribution in [1.29, 1.82) is 0 Å². The minimum atomic E-state index is -0.147. The van der Waals surface area contributed by atoms with Crippen LogP contribution in [0.4, 0.5) is 0 Å². The Morgan fingerprint density at radius 3 is 2.59 bits per heavy atom. The van der Waals surface area contributed by atoms with E-state index in [1.807, 2.05) is 54.6 Å². The van der Waals surface area contributed by atoms with Crippen molar-refractivity contribution in [2.45, 2.75) is 6.42 Å². The van der Waals surface area contributed by atoms with Crippen LogP contribution in [-0.4, -0.2) is 32.7 Å². The second kappa shape index (κ2) is 8.39. The molecule has 2 aromatic carbocycles. The monoisotopic (exact) mass is 384 g/mol. The fourth-order valence-corrected chi connectivity index (χ4v) is 3.10. The van der Waals surface area contributed by atoms with Crippen LogP contribution in [0.15, 0.2) is 79.0 Å². The van der Waals surface area contributed by atoms with Crippen molar-refractivity contribution in [1.82, 2.24) is 20.5 Å². The van der Waals surface area contributed by atoms with Gasteiger partial charge < -0.3 is 10.4 Å². The fourth-order valence-electron chi connectivity index (χ4n) is 3.10. The molecule has 0 bridgehead atoms. The number of hydrogen-bond donors (Lipinski definition) is 3. The summed E-state index contributed by atoms with van der Waals surface area (Å²) in [4.78, 5) is 17.0. The highest BCUT2D eigenvalue weighted by Crippen LogP contribution is 2.27. The zero-order valence-electron chi connectivity index (χ0n) is 15.7. The molecule has 4 aromatic rings. The van der Waals surface area contributed by atoms with E-state index in [-0.39, 0.29) is 11.7 Å². The number of aromatic hydroxyl groups is 1. The van der Waals surface area contributed by atoms with E-state index in [9.17, 15) is 9.90 Å². The van der Waals surface area contributed by atoms with Crippen molar-refractivity contribution in [2.75, 3.05) is 6.54 Å². The van der Waals surface area contributed by atoms with E-state index in [0.29, 0.717) is 24.2 Å². The van der Waals surface area contributed by atoms with Crippen molar-refractivity contribution in [3.63, 3.8) is 0 Å². The average Bonchev–Trinajstić information content (AvgIpc) is 3.25. The highest BCUT2D eigenvalue weighted by Gasteiger charge is 2.15. The second-order valence-electron chi connectivity index (χ2n) is 6.59. The zero-order valence-corrected chi connectivity index (χ0v) is 15.7. The van der Waals surface area contributed by atoms with Crippen LogP contribution in [0.1, 0.15) is 16.1 Å². The Labute approximate surface area is 168 Å². The van der Waals surface area contributed by atoms with E-state index in [4.69, 9.17) is 0 Å². The van der Waals surface area contributed by atoms with Crippen LogP contribution >= 0.6 is 0 Å². The van der Waals surface area contributed by atoms with E-state index in [2.05, 4.69) is 20.5 Å². The number of benzene rings is 2. The normalized spacial score (nSPS) is 10.6. The predicted molar refractivity (Wildman–Crippen MR) is 111 cm³/mol. The number of rotatable bonds is 6. The van der Waals surface area contributed by atoms with Crippen LogP contribution in [0.3, 0.4) is 0 Å². The number of nitrogens with one attached hydrogen (secondary N) is 2. The van der Waals surface area contributed by atoms with Crippen LogP contribution in [0.25, 0.3) is 22.5 Å². The molecule has 0 saturated heterocycles. The molecule has 0 aliphatic rings. The highest BCUT2D eigenvalue weighted by atomic mass is 16.3. The molecule has 0 aliphatic carbocycles. The summed E-state index contributed by atoms with van der Waals surface area (Å²) in [5.74, 6) is 0.0620. The molecule has 0 aliphatic heterocycles. The summed E-state index contributed by atoms with van der Waals surface area (Å²) in [5.41, 5.74) is 4.65. The lowest BCUT2D eigenvalue weighted by Gasteiger charge is -2.08. The minimum Gasteiger partial charge on any atom is -0.508 e. The highest BCUT2D eigenvalue weighted by molar-refractivity contribution is 6.00. The van der Waals surface area contributed by atoms with Gasteiger partial charge in [0.25, 0.3) is 5.91 Å². The number of phenolic OH excluding ortho intramolecular Hbond substituents is 1. The summed E-state index contributed by atoms with van der Waals surface area (Å²) in [7, 11) is 0. The predicted octanol–water partition coefficient (Wildman–Crippen LogP) is 3.82. The first-order valence-corrected chi connectivity index (χ1v) is 9.33. The van der Waals surface area contributed by atoms with E-state index >= 15 is 0 Å². The summed E-state index contributed by atoms with van der Waals surface area (Å²) in [6.45, 7) is 0.503. The Morgan fingerprint density at radius 1 is 1.00 bits per heavy atom. The molecular formula is C23H20N4O2. The number of H-pyrrole nitrogens is 1. The SMILES string of the molecule is O=C(NCCc1ccccn1)c1ccccc1-c1cc(-c2ccc(O)cc2)[nH]n1. The Kier molecular flexibility index (Phi) is 5.33. The molecule has 1 amide bonds. The van der Waals surface area contributed by atoms with Crippen LogP contribution < -0.4 is 5.32 Å². The summed E-state index contributed by atoms with van der Waals surface area (Å²) < 4.78 is 0. The van der Waals surface area contributed by atoms with E-state index in [1.54, 1.807) is 24.4 Å². The molecule has 29 heavy (non-hydrogen) atoms. The number of amides is 1. The molecule has 0 atom stereocenters. The third-order valence-corrected chi connectivity index (χ3v) is 4.60. The third kappa shape index (κ3) is 4.32. The molecular weight excluding hydrogens is 364 g/mol. The van der Waals surface area contributed by atoms with Gasteiger partial charge in [-0.2, -0.15) is 5.10 Å². The number of aromatic amines is 1. The van der Waals surface area contributed by atoms with Crippen molar-refractivity contribution in [3.05, 3.63) is 90.3 Å². The van der Waals surface area contributed by atoms with Crippen molar-refractivity contribution >= 4 is 5.91 Å². The van der Waals surface area contributed by atoms with Gasteiger partial charge in [0.15, 0.2) is 0 Å². The molecule has 0 radical (unpaired) electrons. The average molecular weight is 384 g/mol. The molecule has 144 valence electrons. The molecule has 2 heterocycles. The van der Waals surface area contributed by atoms with Crippen LogP contribution in [0.2, 0.25) is 0 Å². The Balaban J connectivity index is 1.51. The molecule has 0 saturated carbocycles. The van der Waals surface area contributed by atoms with Crippen molar-refractivity contribution in [2.24, 2.45) is 0 Å². The Hall–Kier alpha value is -3.93. The van der Waals surface area contributed by atoms with E-state index in [0.717, 1.165) is 22.5 Å². The Morgan fingerprint density at radius 2 is 1.79 bits per heavy atom. The van der Waals surface area contributed by atoms with Gasteiger partial charge in [0.1, 0.15) is 5.75 Å². The first kappa shape index (κ1) is 18.4. The molecule has 0 fully saturated rings. The number of pyridine rings is 1. The molecule has 6 heteroatoms. The lowest BCUT2D eigenvalue weighted by molar-refractivity contribution is 0.0954. The summed E-state index contributed by atoms with van der Waals surface area (Å²) in [5, 5.41) is 19.8. The van der Waals surface area contributed by atoms with Gasteiger partial charge in [-0.15, -0.1) is 0 Å². The molecule has 0 unspecified atom stereocenters. The maximum absolute atomic E-state index is 12.7. The van der Waals surface area contributed by atoms with Gasteiger partial charge in [-0.3, -0.25) is 14.9 Å². The summed E-state index contributed by atoms with van der Waals surface area (Å²) in [6, 6.07) is 21.9. The van der Waals surface area contributed by atoms with Gasteiger partial charge >= 0.3 is 0 Å². The number of phenols is 1. The first-order valence-electron chi connectivity index (χ1n) is 9.33. The maximum atomic E-state index is 12.7. The van der Waals surface area contributed by atoms with Crippen LogP contribution in [0.5, 0.6) is 5.75 Å². The number of nitrogens with zero attached hydrogens (tertiary/aromatic N) is 2. The lowest BCUT2D eigenvalue weighted by Crippen LogP contribution is -2.26. The van der Waals surface area contributed by atoms with Gasteiger partial charge in [-0.1, -0.05) is 24.3 Å². The van der Waals surface area contributed by atoms with Gasteiger partial charge in [-0.25, -0.2) is 0 Å². The summed E-state index contributed by atoms with van der Waals surface area (Å²) >= 11 is 0. The number of aromatic nitrogens is 3. The van der Waals surface area contributed by atoms with Crippen LogP contribution in [0, 0.1) is 0 Å². The summed E-state index contributed by atoms with van der Waals surface area (Å²) in [6.07, 6.45) is 2.41. The van der Waals surface area contributed by atoms with Crippen LogP contribution in [-0.2, 0) is 6.42 Å². The molecule has 3 N–H and O–H groups in total. The molecule has 2 aromatic heterocycles. The topological polar surface area (TPSA) is 90.9 Å². The molecule has 4 rings (SSSR count). The van der Waals surface area contributed by atoms with Gasteiger partial charge in [0.05, 0.1) is 11.4 Å². The number of hydrogen-bond acceptors (Lipinski definition) is 4. The Bertz CT molecular complexity index is 1110. The van der Waals surface area contributed by atoms with E-state index in [1.165, 1.54) is 0 Å². The second-order valence-corrected chi connectivity index (χ2v) is 6.59. The number of carbonyl (C=O) groups is 1. The van der Waals surface area contributed by atoms with Crippen molar-refractivity contribution in [3.8, 4) is 28.3 Å². The minimum absolute atomic E-state index is 0.147. The zero-order chi connectivity index (χ0) is 20.1. The molecule has 0 spiro atoms. The number of carbonyl (C=O) groups excluding carboxylic acids is 1. The standard InChI is InChI=1S/C23H20N4O2/c28-18-10-8-16(9-11-18)21-15-22(27-26-21)19-6-1-2-7-20(19)23(29)25-14-12-17-5-3-4-13-24-17/h1-11,13,15,28H,12,14H2,(H,25,29)(H,26,27). The smallest absolute Gasteiger partial charge is 0.251 e. The largest absolute Gasteiger partial charge is 0.508 e. The van der Waals surface area contributed by atoms with Gasteiger partial charge in [-0.05, 0) is 54.1 Å². The lowest BCUT2D eigenvalue weighted by atomic mass is 10.0. The van der Waals surface area contributed by atoms with Gasteiger partial charge in [0.2, 0.25) is 0 Å². The van der Waals surface area contributed by atoms with Gasteiger partial charge in [0, 0.05) is 36.0 Å². The molecule has 6 nitrogen and oxygen atoms in total. The quantitative estimate of drug-likeness (QED) is 0.471. The van der Waals surface area contributed by atoms with Crippen molar-refractivity contribution < 1.29 is 9.90 Å². The third-order valence-electron chi connectivity index (χ3n) is 4.60. The first-order chi connectivity index (χ1) is 14.2. The fraction of sp³-hybridized carbons (Fsp3) is 0.0870.